The summed E-state index contributed by atoms with van der Waals surface area (Å²) in [5, 5.41) is 4.05. The zero-order chi connectivity index (χ0) is 12.7. The van der Waals surface area contributed by atoms with Gasteiger partial charge in [0, 0.05) is 5.56 Å². The Morgan fingerprint density at radius 2 is 2.24 bits per heavy atom. The van der Waals surface area contributed by atoms with E-state index in [1.165, 1.54) is 0 Å². The molecule has 3 N–H and O–H groups in total. The monoisotopic (exact) mass is 251 g/mol. The molecule has 0 aromatic heterocycles. The van der Waals surface area contributed by atoms with Crippen LogP contribution < -0.4 is 15.9 Å². The average molecular weight is 251 g/mol. The van der Waals surface area contributed by atoms with Crippen molar-refractivity contribution in [2.75, 3.05) is 6.61 Å². The number of benzene rings is 1. The largest absolute Gasteiger partial charge is 0.493 e. The number of rotatable bonds is 5. The summed E-state index contributed by atoms with van der Waals surface area (Å²) in [6.45, 7) is 4.88. The van der Waals surface area contributed by atoms with E-state index in [9.17, 15) is 0 Å². The average Bonchev–Trinajstić information content (AvgIpc) is 2.27. The van der Waals surface area contributed by atoms with Gasteiger partial charge in [0.2, 0.25) is 0 Å². The molecule has 0 spiro atoms. The van der Waals surface area contributed by atoms with Crippen molar-refractivity contribution in [2.45, 2.75) is 13.8 Å². The molecule has 1 aromatic rings. The molecule has 0 radical (unpaired) electrons. The minimum Gasteiger partial charge on any atom is -0.493 e. The Kier molecular flexibility index (Phi) is 5.42. The van der Waals surface area contributed by atoms with Crippen LogP contribution in [0.2, 0.25) is 0 Å². The van der Waals surface area contributed by atoms with Gasteiger partial charge in [-0.25, -0.2) is 0 Å². The number of nitrogens with zero attached hydrogens (tertiary/aromatic N) is 1. The van der Waals surface area contributed by atoms with Gasteiger partial charge in [0.25, 0.3) is 0 Å². The molecular formula is C12H17N3OS. The Morgan fingerprint density at radius 1 is 1.53 bits per heavy atom. The topological polar surface area (TPSA) is 59.6 Å². The Hall–Kier alpha value is -1.62. The van der Waals surface area contributed by atoms with Crippen LogP contribution in [0.5, 0.6) is 5.75 Å². The second-order valence-electron chi connectivity index (χ2n) is 3.98. The van der Waals surface area contributed by atoms with Crippen LogP contribution in [0.1, 0.15) is 19.4 Å². The highest BCUT2D eigenvalue weighted by molar-refractivity contribution is 7.80. The fourth-order valence-corrected chi connectivity index (χ4v) is 1.19. The number of para-hydroxylation sites is 1. The summed E-state index contributed by atoms with van der Waals surface area (Å²) in [5.41, 5.74) is 8.66. The van der Waals surface area contributed by atoms with Crippen LogP contribution in [0, 0.1) is 5.92 Å². The fraction of sp³-hybridized carbons (Fsp3) is 0.333. The molecular weight excluding hydrogens is 234 g/mol. The summed E-state index contributed by atoms with van der Waals surface area (Å²) in [5.74, 6) is 1.28. The van der Waals surface area contributed by atoms with Crippen LogP contribution in [-0.4, -0.2) is 17.9 Å². The second kappa shape index (κ2) is 6.85. The zero-order valence-electron chi connectivity index (χ0n) is 10.0. The minimum atomic E-state index is 0.141. The van der Waals surface area contributed by atoms with E-state index in [1.807, 2.05) is 24.3 Å². The summed E-state index contributed by atoms with van der Waals surface area (Å²) in [7, 11) is 0. The molecule has 0 saturated heterocycles. The Balaban J connectivity index is 2.70. The SMILES string of the molecule is CC(C)COc1ccccc1/C=N/NC(N)=S. The van der Waals surface area contributed by atoms with Crippen molar-refractivity contribution in [3.05, 3.63) is 29.8 Å². The normalized spacial score (nSPS) is 10.8. The first-order valence-corrected chi connectivity index (χ1v) is 5.80. The predicted molar refractivity (Wildman–Crippen MR) is 74.3 cm³/mol. The molecule has 0 fully saturated rings. The molecule has 1 rings (SSSR count). The molecule has 0 aliphatic rings. The highest BCUT2D eigenvalue weighted by Crippen LogP contribution is 2.16. The van der Waals surface area contributed by atoms with Crippen molar-refractivity contribution in [3.8, 4) is 5.75 Å². The summed E-state index contributed by atoms with van der Waals surface area (Å²) in [6.07, 6.45) is 1.63. The Bertz CT molecular complexity index is 404. The van der Waals surface area contributed by atoms with Crippen molar-refractivity contribution in [2.24, 2.45) is 16.8 Å². The third-order valence-corrected chi connectivity index (χ3v) is 1.96. The Labute approximate surface area is 107 Å². The predicted octanol–water partition coefficient (Wildman–Crippen LogP) is 1.89. The van der Waals surface area contributed by atoms with Gasteiger partial charge in [-0.3, -0.25) is 5.43 Å². The van der Waals surface area contributed by atoms with E-state index < -0.39 is 0 Å². The quantitative estimate of drug-likeness (QED) is 0.476. The van der Waals surface area contributed by atoms with Gasteiger partial charge in [0.05, 0.1) is 12.8 Å². The molecule has 92 valence electrons. The maximum atomic E-state index is 5.67. The number of nitrogens with two attached hydrogens (primary N) is 1. The van der Waals surface area contributed by atoms with Crippen LogP contribution in [0.4, 0.5) is 0 Å². The number of ether oxygens (including phenoxy) is 1. The van der Waals surface area contributed by atoms with Crippen LogP contribution in [0.25, 0.3) is 0 Å². The highest BCUT2D eigenvalue weighted by atomic mass is 32.1. The van der Waals surface area contributed by atoms with E-state index in [-0.39, 0.29) is 5.11 Å². The lowest BCUT2D eigenvalue weighted by molar-refractivity contribution is 0.270. The number of thiocarbonyl (C=S) groups is 1. The molecule has 4 nitrogen and oxygen atoms in total. The van der Waals surface area contributed by atoms with Crippen molar-refractivity contribution in [3.63, 3.8) is 0 Å². The van der Waals surface area contributed by atoms with E-state index >= 15 is 0 Å². The van der Waals surface area contributed by atoms with Gasteiger partial charge in [-0.15, -0.1) is 0 Å². The van der Waals surface area contributed by atoms with E-state index in [1.54, 1.807) is 6.21 Å². The van der Waals surface area contributed by atoms with Crippen LogP contribution in [0.15, 0.2) is 29.4 Å². The zero-order valence-corrected chi connectivity index (χ0v) is 10.8. The van der Waals surface area contributed by atoms with Gasteiger partial charge in [-0.2, -0.15) is 5.10 Å². The fourth-order valence-electron chi connectivity index (χ4n) is 1.14. The van der Waals surface area contributed by atoms with Gasteiger partial charge >= 0.3 is 0 Å². The summed E-state index contributed by atoms with van der Waals surface area (Å²) in [6, 6.07) is 7.67. The summed E-state index contributed by atoms with van der Waals surface area (Å²) >= 11 is 4.65. The number of hydrogen-bond acceptors (Lipinski definition) is 3. The molecule has 17 heavy (non-hydrogen) atoms. The lowest BCUT2D eigenvalue weighted by Gasteiger charge is -2.10. The first-order chi connectivity index (χ1) is 8.09. The Morgan fingerprint density at radius 3 is 2.88 bits per heavy atom. The number of nitrogens with one attached hydrogen (secondary N) is 1. The van der Waals surface area contributed by atoms with Gasteiger partial charge in [-0.05, 0) is 30.3 Å². The van der Waals surface area contributed by atoms with Crippen molar-refractivity contribution in [1.82, 2.24) is 5.43 Å². The lowest BCUT2D eigenvalue weighted by atomic mass is 10.2. The second-order valence-corrected chi connectivity index (χ2v) is 4.42. The molecule has 0 unspecified atom stereocenters. The summed E-state index contributed by atoms with van der Waals surface area (Å²) in [4.78, 5) is 0. The number of hydrazone groups is 1. The minimum absolute atomic E-state index is 0.141. The van der Waals surface area contributed by atoms with Gasteiger partial charge in [0.15, 0.2) is 5.11 Å². The van der Waals surface area contributed by atoms with Crippen LogP contribution >= 0.6 is 12.2 Å². The van der Waals surface area contributed by atoms with Gasteiger partial charge in [-0.1, -0.05) is 26.0 Å². The molecule has 0 saturated carbocycles. The molecule has 0 atom stereocenters. The smallest absolute Gasteiger partial charge is 0.184 e. The standard InChI is InChI=1S/C12H17N3OS/c1-9(2)8-16-11-6-4-3-5-10(11)7-14-15-12(13)17/h3-7,9H,8H2,1-2H3,(H3,13,15,17)/b14-7+. The molecule has 0 heterocycles. The molecule has 0 amide bonds. The van der Waals surface area contributed by atoms with E-state index in [0.717, 1.165) is 11.3 Å². The molecule has 0 aliphatic heterocycles. The van der Waals surface area contributed by atoms with Crippen LogP contribution in [0.3, 0.4) is 0 Å². The van der Waals surface area contributed by atoms with E-state index in [4.69, 9.17) is 10.5 Å². The van der Waals surface area contributed by atoms with Crippen molar-refractivity contribution >= 4 is 23.5 Å². The lowest BCUT2D eigenvalue weighted by Crippen LogP contribution is -2.24. The maximum absolute atomic E-state index is 5.67. The van der Waals surface area contributed by atoms with Gasteiger partial charge in [0.1, 0.15) is 5.75 Å². The third-order valence-electron chi connectivity index (χ3n) is 1.87. The molecule has 5 heteroatoms. The van der Waals surface area contributed by atoms with Crippen molar-refractivity contribution < 1.29 is 4.74 Å². The maximum Gasteiger partial charge on any atom is 0.184 e. The first kappa shape index (κ1) is 13.4. The van der Waals surface area contributed by atoms with Gasteiger partial charge < -0.3 is 10.5 Å². The molecule has 0 bridgehead atoms. The summed E-state index contributed by atoms with van der Waals surface area (Å²) < 4.78 is 5.67. The van der Waals surface area contributed by atoms with E-state index in [0.29, 0.717) is 12.5 Å². The van der Waals surface area contributed by atoms with Crippen molar-refractivity contribution in [1.29, 1.82) is 0 Å². The van der Waals surface area contributed by atoms with Crippen LogP contribution in [-0.2, 0) is 0 Å². The highest BCUT2D eigenvalue weighted by Gasteiger charge is 2.01. The first-order valence-electron chi connectivity index (χ1n) is 5.40. The number of hydrogen-bond donors (Lipinski definition) is 2. The third kappa shape index (κ3) is 5.31. The molecule has 0 aliphatic carbocycles. The molecule has 1 aromatic carbocycles. The van der Waals surface area contributed by atoms with E-state index in [2.05, 4.69) is 36.6 Å².